The maximum Gasteiger partial charge on any atom is 0.269 e. The topological polar surface area (TPSA) is 116 Å². The van der Waals surface area contributed by atoms with Gasteiger partial charge in [0.05, 0.1) is 18.1 Å². The fraction of sp³-hybridized carbons (Fsp3) is 0.150. The number of fused-ring (bicyclic) bond motifs is 1. The van der Waals surface area contributed by atoms with Gasteiger partial charge in [0.15, 0.2) is 5.78 Å². The molecule has 0 aliphatic heterocycles. The minimum atomic E-state index is -0.305. The quantitative estimate of drug-likeness (QED) is 0.517. The number of carbonyl (C=O) groups excluding carboxylic acids is 2. The molecule has 0 saturated heterocycles. The number of nitrogens with one attached hydrogen (secondary N) is 1. The molecule has 0 fully saturated rings. The Hall–Kier alpha value is -4.01. The molecular formula is C20H17N7O2. The summed E-state index contributed by atoms with van der Waals surface area (Å²) in [7, 11) is 3.33. The Kier molecular flexibility index (Phi) is 4.78. The molecule has 0 bridgehead atoms. The van der Waals surface area contributed by atoms with Gasteiger partial charge in [-0.3, -0.25) is 19.3 Å². The average molecular weight is 387 g/mol. The van der Waals surface area contributed by atoms with Crippen molar-refractivity contribution in [3.8, 4) is 11.3 Å². The third-order valence-corrected chi connectivity index (χ3v) is 4.39. The number of amides is 1. The zero-order valence-electron chi connectivity index (χ0n) is 15.8. The summed E-state index contributed by atoms with van der Waals surface area (Å²) < 4.78 is 1.63. The lowest BCUT2D eigenvalue weighted by atomic mass is 10.1. The van der Waals surface area contributed by atoms with Gasteiger partial charge in [-0.25, -0.2) is 9.97 Å². The largest absolute Gasteiger partial charge is 0.354 e. The minimum Gasteiger partial charge on any atom is -0.354 e. The van der Waals surface area contributed by atoms with Gasteiger partial charge in [-0.1, -0.05) is 17.3 Å². The number of aryl methyl sites for hydroxylation is 1. The third-order valence-electron chi connectivity index (χ3n) is 4.39. The van der Waals surface area contributed by atoms with E-state index in [1.807, 2.05) is 24.4 Å². The number of hydrogen-bond donors (Lipinski definition) is 1. The highest BCUT2D eigenvalue weighted by atomic mass is 16.1. The van der Waals surface area contributed by atoms with Crippen molar-refractivity contribution >= 4 is 22.6 Å². The molecule has 0 atom stereocenters. The SMILES string of the molecule is CNC(=O)c1ccc(C(=O)Cc2ncc3ccc(-c4cn(C)nn4)cc3n2)cn1. The second-order valence-electron chi connectivity index (χ2n) is 6.45. The molecule has 9 heteroatoms. The first-order valence-electron chi connectivity index (χ1n) is 8.87. The van der Waals surface area contributed by atoms with Crippen molar-refractivity contribution in [3.63, 3.8) is 0 Å². The number of hydrogen-bond acceptors (Lipinski definition) is 7. The van der Waals surface area contributed by atoms with E-state index in [0.717, 1.165) is 22.2 Å². The fourth-order valence-corrected chi connectivity index (χ4v) is 2.85. The van der Waals surface area contributed by atoms with E-state index in [2.05, 4.69) is 30.6 Å². The van der Waals surface area contributed by atoms with Gasteiger partial charge < -0.3 is 5.32 Å². The molecule has 0 radical (unpaired) electrons. The number of carbonyl (C=O) groups is 2. The predicted molar refractivity (Wildman–Crippen MR) is 105 cm³/mol. The molecule has 0 aliphatic carbocycles. The van der Waals surface area contributed by atoms with Crippen molar-refractivity contribution in [2.75, 3.05) is 7.05 Å². The Balaban J connectivity index is 1.57. The number of pyridine rings is 1. The van der Waals surface area contributed by atoms with Gasteiger partial charge in [0.25, 0.3) is 5.91 Å². The lowest BCUT2D eigenvalue weighted by molar-refractivity contribution is 0.0953. The number of Topliss-reactive ketones (excluding diaryl/α,β-unsaturated/α-hetero) is 1. The van der Waals surface area contributed by atoms with Crippen LogP contribution in [-0.4, -0.2) is 48.7 Å². The highest BCUT2D eigenvalue weighted by Gasteiger charge is 2.13. The van der Waals surface area contributed by atoms with Crippen LogP contribution in [0, 0.1) is 0 Å². The normalized spacial score (nSPS) is 10.8. The van der Waals surface area contributed by atoms with Crippen LogP contribution in [0.1, 0.15) is 26.7 Å². The molecule has 4 aromatic rings. The van der Waals surface area contributed by atoms with Crippen LogP contribution in [0.4, 0.5) is 0 Å². The van der Waals surface area contributed by atoms with Crippen molar-refractivity contribution in [3.05, 3.63) is 66.0 Å². The van der Waals surface area contributed by atoms with Crippen molar-refractivity contribution in [1.82, 2.24) is 35.3 Å². The van der Waals surface area contributed by atoms with E-state index in [4.69, 9.17) is 0 Å². The molecule has 9 nitrogen and oxygen atoms in total. The molecule has 0 aliphatic rings. The van der Waals surface area contributed by atoms with E-state index >= 15 is 0 Å². The Labute approximate surface area is 165 Å². The zero-order chi connectivity index (χ0) is 20.4. The monoisotopic (exact) mass is 387 g/mol. The van der Waals surface area contributed by atoms with Crippen LogP contribution in [0.25, 0.3) is 22.2 Å². The van der Waals surface area contributed by atoms with E-state index in [9.17, 15) is 9.59 Å². The van der Waals surface area contributed by atoms with Crippen LogP contribution in [0.15, 0.2) is 48.9 Å². The second-order valence-corrected chi connectivity index (χ2v) is 6.45. The summed E-state index contributed by atoms with van der Waals surface area (Å²) in [6, 6.07) is 8.83. The Bertz CT molecular complexity index is 1220. The van der Waals surface area contributed by atoms with E-state index in [1.165, 1.54) is 19.3 Å². The smallest absolute Gasteiger partial charge is 0.269 e. The molecule has 0 unspecified atom stereocenters. The zero-order valence-corrected chi connectivity index (χ0v) is 15.8. The van der Waals surface area contributed by atoms with Crippen molar-refractivity contribution in [2.45, 2.75) is 6.42 Å². The molecule has 144 valence electrons. The summed E-state index contributed by atoms with van der Waals surface area (Å²) in [4.78, 5) is 36.9. The van der Waals surface area contributed by atoms with E-state index < -0.39 is 0 Å². The summed E-state index contributed by atoms with van der Waals surface area (Å²) in [5.41, 5.74) is 3.00. The fourth-order valence-electron chi connectivity index (χ4n) is 2.85. The maximum atomic E-state index is 12.6. The lowest BCUT2D eigenvalue weighted by Crippen LogP contribution is -2.19. The average Bonchev–Trinajstić information content (AvgIpc) is 3.19. The second kappa shape index (κ2) is 7.55. The van der Waals surface area contributed by atoms with Gasteiger partial charge >= 0.3 is 0 Å². The van der Waals surface area contributed by atoms with E-state index in [-0.39, 0.29) is 23.8 Å². The summed E-state index contributed by atoms with van der Waals surface area (Å²) in [6.07, 6.45) is 4.94. The van der Waals surface area contributed by atoms with Gasteiger partial charge in [0, 0.05) is 43.0 Å². The maximum absolute atomic E-state index is 12.6. The predicted octanol–water partition coefficient (Wildman–Crippen LogP) is 1.61. The Morgan fingerprint density at radius 3 is 2.66 bits per heavy atom. The minimum absolute atomic E-state index is 0.0340. The van der Waals surface area contributed by atoms with Crippen LogP contribution in [0.3, 0.4) is 0 Å². The summed E-state index contributed by atoms with van der Waals surface area (Å²) >= 11 is 0. The summed E-state index contributed by atoms with van der Waals surface area (Å²) in [6.45, 7) is 0. The molecule has 0 saturated carbocycles. The first kappa shape index (κ1) is 18.4. The number of rotatable bonds is 5. The van der Waals surface area contributed by atoms with Crippen LogP contribution >= 0.6 is 0 Å². The van der Waals surface area contributed by atoms with Crippen LogP contribution < -0.4 is 5.32 Å². The molecule has 1 aromatic carbocycles. The Morgan fingerprint density at radius 2 is 1.97 bits per heavy atom. The summed E-state index contributed by atoms with van der Waals surface area (Å²) in [5.74, 6) is -0.0691. The van der Waals surface area contributed by atoms with E-state index in [1.54, 1.807) is 24.0 Å². The van der Waals surface area contributed by atoms with Crippen molar-refractivity contribution in [1.29, 1.82) is 0 Å². The van der Waals surface area contributed by atoms with Crippen LogP contribution in [-0.2, 0) is 13.5 Å². The van der Waals surface area contributed by atoms with Crippen LogP contribution in [0.5, 0.6) is 0 Å². The third kappa shape index (κ3) is 3.84. The van der Waals surface area contributed by atoms with Gasteiger partial charge in [-0.05, 0) is 18.2 Å². The molecule has 0 spiro atoms. The first-order chi connectivity index (χ1) is 14.0. The van der Waals surface area contributed by atoms with Gasteiger partial charge in [0.2, 0.25) is 0 Å². The van der Waals surface area contributed by atoms with Gasteiger partial charge in [-0.15, -0.1) is 5.10 Å². The Morgan fingerprint density at radius 1 is 1.10 bits per heavy atom. The molecule has 4 rings (SSSR count). The van der Waals surface area contributed by atoms with Gasteiger partial charge in [-0.2, -0.15) is 0 Å². The molecule has 3 aromatic heterocycles. The molecular weight excluding hydrogens is 370 g/mol. The molecule has 29 heavy (non-hydrogen) atoms. The highest BCUT2D eigenvalue weighted by Crippen LogP contribution is 2.21. The van der Waals surface area contributed by atoms with Crippen molar-refractivity contribution < 1.29 is 9.59 Å². The molecule has 3 heterocycles. The molecule has 1 amide bonds. The van der Waals surface area contributed by atoms with Gasteiger partial charge in [0.1, 0.15) is 17.2 Å². The number of aromatic nitrogens is 6. The summed E-state index contributed by atoms with van der Waals surface area (Å²) in [5, 5.41) is 11.4. The lowest BCUT2D eigenvalue weighted by Gasteiger charge is -2.04. The first-order valence-corrected chi connectivity index (χ1v) is 8.87. The van der Waals surface area contributed by atoms with Crippen molar-refractivity contribution in [2.24, 2.45) is 7.05 Å². The number of benzene rings is 1. The number of nitrogens with zero attached hydrogens (tertiary/aromatic N) is 6. The van der Waals surface area contributed by atoms with Crippen LogP contribution in [0.2, 0.25) is 0 Å². The highest BCUT2D eigenvalue weighted by molar-refractivity contribution is 5.98. The molecule has 1 N–H and O–H groups in total. The number of ketones is 1. The van der Waals surface area contributed by atoms with E-state index in [0.29, 0.717) is 11.4 Å². The standard InChI is InChI=1S/C20H17N7O2/c1-21-20(29)15-6-5-14(10-22-15)18(28)8-19-23-9-13-4-3-12(7-16(13)24-19)17-11-27(2)26-25-17/h3-7,9-11H,8H2,1-2H3,(H,21,29).